The van der Waals surface area contributed by atoms with E-state index >= 15 is 0 Å². The zero-order chi connectivity index (χ0) is 13.8. The minimum absolute atomic E-state index is 0.608. The molecule has 1 saturated heterocycles. The van der Waals surface area contributed by atoms with Gasteiger partial charge in [-0.2, -0.15) is 5.10 Å². The van der Waals surface area contributed by atoms with Crippen molar-refractivity contribution in [2.75, 3.05) is 19.3 Å². The van der Waals surface area contributed by atoms with Gasteiger partial charge in [0.15, 0.2) is 0 Å². The molecule has 0 radical (unpaired) electrons. The normalized spacial score (nSPS) is 20.1. The molecular formula is C16H21N3S. The second kappa shape index (κ2) is 6.46. The van der Waals surface area contributed by atoms with Crippen molar-refractivity contribution >= 4 is 11.8 Å². The van der Waals surface area contributed by atoms with E-state index in [9.17, 15) is 0 Å². The number of hydrogen-bond acceptors (Lipinski definition) is 3. The van der Waals surface area contributed by atoms with Gasteiger partial charge < -0.3 is 0 Å². The van der Waals surface area contributed by atoms with Gasteiger partial charge in [0.2, 0.25) is 0 Å². The van der Waals surface area contributed by atoms with E-state index in [4.69, 9.17) is 0 Å². The molecule has 3 rings (SSSR count). The van der Waals surface area contributed by atoms with Crippen LogP contribution in [0, 0.1) is 0 Å². The van der Waals surface area contributed by atoms with Crippen LogP contribution >= 0.6 is 11.8 Å². The van der Waals surface area contributed by atoms with Gasteiger partial charge in [-0.15, -0.1) is 11.8 Å². The van der Waals surface area contributed by atoms with Crippen molar-refractivity contribution < 1.29 is 0 Å². The summed E-state index contributed by atoms with van der Waals surface area (Å²) < 4.78 is 0. The lowest BCUT2D eigenvalue weighted by atomic mass is 9.94. The van der Waals surface area contributed by atoms with E-state index in [2.05, 4.69) is 51.7 Å². The average Bonchev–Trinajstić information content (AvgIpc) is 3.03. The van der Waals surface area contributed by atoms with Crippen molar-refractivity contribution in [1.82, 2.24) is 15.1 Å². The lowest BCUT2D eigenvalue weighted by Gasteiger charge is -2.32. The standard InChI is InChI=1S/C16H21N3S/c1-20-15-6-4-13(5-7-15)11-19-10-2-3-14(12-19)16-8-9-17-18-16/h4-9,14H,2-3,10-12H2,1H3,(H,17,18)/t14-/m0/s1. The highest BCUT2D eigenvalue weighted by Crippen LogP contribution is 2.26. The Morgan fingerprint density at radius 1 is 1.30 bits per heavy atom. The molecule has 1 atom stereocenters. The van der Waals surface area contributed by atoms with Crippen LogP contribution in [-0.2, 0) is 6.54 Å². The summed E-state index contributed by atoms with van der Waals surface area (Å²) in [7, 11) is 0. The monoisotopic (exact) mass is 287 g/mol. The van der Waals surface area contributed by atoms with Crippen molar-refractivity contribution in [2.45, 2.75) is 30.2 Å². The molecule has 1 aliphatic heterocycles. The molecule has 0 aliphatic carbocycles. The summed E-state index contributed by atoms with van der Waals surface area (Å²) in [5.74, 6) is 0.608. The first-order chi connectivity index (χ1) is 9.85. The third-order valence-electron chi connectivity index (χ3n) is 4.03. The fourth-order valence-electron chi connectivity index (χ4n) is 2.94. The highest BCUT2D eigenvalue weighted by molar-refractivity contribution is 7.98. The van der Waals surface area contributed by atoms with Crippen LogP contribution in [0.4, 0.5) is 0 Å². The molecule has 0 unspecified atom stereocenters. The topological polar surface area (TPSA) is 31.9 Å². The molecule has 0 amide bonds. The number of H-pyrrole nitrogens is 1. The maximum Gasteiger partial charge on any atom is 0.0490 e. The number of benzene rings is 1. The Kier molecular flexibility index (Phi) is 4.43. The molecule has 20 heavy (non-hydrogen) atoms. The van der Waals surface area contributed by atoms with Crippen LogP contribution in [0.3, 0.4) is 0 Å². The molecule has 1 aliphatic rings. The Morgan fingerprint density at radius 2 is 2.15 bits per heavy atom. The Bertz CT molecular complexity index is 521. The zero-order valence-electron chi connectivity index (χ0n) is 11.9. The van der Waals surface area contributed by atoms with Crippen LogP contribution < -0.4 is 0 Å². The van der Waals surface area contributed by atoms with E-state index in [1.165, 1.54) is 35.5 Å². The van der Waals surface area contributed by atoms with Gasteiger partial charge in [-0.25, -0.2) is 0 Å². The third kappa shape index (κ3) is 3.25. The quantitative estimate of drug-likeness (QED) is 0.873. The van der Waals surface area contributed by atoms with Gasteiger partial charge in [-0.05, 0) is 49.4 Å². The Labute approximate surface area is 124 Å². The van der Waals surface area contributed by atoms with E-state index in [1.54, 1.807) is 11.8 Å². The van der Waals surface area contributed by atoms with Crippen molar-refractivity contribution in [3.8, 4) is 0 Å². The molecule has 0 bridgehead atoms. The first kappa shape index (κ1) is 13.7. The summed E-state index contributed by atoms with van der Waals surface area (Å²) in [5.41, 5.74) is 2.69. The van der Waals surface area contributed by atoms with E-state index < -0.39 is 0 Å². The predicted octanol–water partition coefficient (Wildman–Crippen LogP) is 3.51. The predicted molar refractivity (Wildman–Crippen MR) is 84.1 cm³/mol. The zero-order valence-corrected chi connectivity index (χ0v) is 12.7. The second-order valence-corrected chi connectivity index (χ2v) is 6.31. The Balaban J connectivity index is 1.62. The van der Waals surface area contributed by atoms with Gasteiger partial charge in [-0.3, -0.25) is 10.00 Å². The number of rotatable bonds is 4. The highest BCUT2D eigenvalue weighted by Gasteiger charge is 2.22. The molecule has 4 heteroatoms. The van der Waals surface area contributed by atoms with Crippen LogP contribution in [0.15, 0.2) is 41.4 Å². The molecule has 3 nitrogen and oxygen atoms in total. The maximum absolute atomic E-state index is 4.08. The summed E-state index contributed by atoms with van der Waals surface area (Å²) in [6, 6.07) is 11.1. The lowest BCUT2D eigenvalue weighted by molar-refractivity contribution is 0.198. The second-order valence-electron chi connectivity index (χ2n) is 5.43. The maximum atomic E-state index is 4.08. The highest BCUT2D eigenvalue weighted by atomic mass is 32.2. The largest absolute Gasteiger partial charge is 0.298 e. The van der Waals surface area contributed by atoms with Crippen molar-refractivity contribution in [3.05, 3.63) is 47.8 Å². The number of aromatic amines is 1. The van der Waals surface area contributed by atoms with E-state index in [1.807, 2.05) is 6.20 Å². The molecule has 1 aromatic heterocycles. The van der Waals surface area contributed by atoms with Crippen molar-refractivity contribution in [2.24, 2.45) is 0 Å². The van der Waals surface area contributed by atoms with Gasteiger partial charge in [-0.1, -0.05) is 12.1 Å². The summed E-state index contributed by atoms with van der Waals surface area (Å²) >= 11 is 1.80. The molecule has 1 aromatic carbocycles. The number of likely N-dealkylation sites (tertiary alicyclic amines) is 1. The molecule has 2 aromatic rings. The first-order valence-electron chi connectivity index (χ1n) is 7.19. The Hall–Kier alpha value is -1.26. The third-order valence-corrected chi connectivity index (χ3v) is 4.78. The molecule has 1 fully saturated rings. The first-order valence-corrected chi connectivity index (χ1v) is 8.42. The lowest BCUT2D eigenvalue weighted by Crippen LogP contribution is -2.34. The summed E-state index contributed by atoms with van der Waals surface area (Å²) in [5, 5.41) is 7.21. The van der Waals surface area contributed by atoms with E-state index in [0.29, 0.717) is 5.92 Å². The molecule has 106 valence electrons. The summed E-state index contributed by atoms with van der Waals surface area (Å²) in [4.78, 5) is 3.89. The summed E-state index contributed by atoms with van der Waals surface area (Å²) in [6.07, 6.45) is 6.51. The molecule has 1 N–H and O–H groups in total. The van der Waals surface area contributed by atoms with Gasteiger partial charge in [0.05, 0.1) is 0 Å². The van der Waals surface area contributed by atoms with Crippen LogP contribution in [0.25, 0.3) is 0 Å². The average molecular weight is 287 g/mol. The molecule has 0 saturated carbocycles. The van der Waals surface area contributed by atoms with Gasteiger partial charge >= 0.3 is 0 Å². The minimum atomic E-state index is 0.608. The number of thioether (sulfide) groups is 1. The van der Waals surface area contributed by atoms with Gasteiger partial charge in [0.1, 0.15) is 0 Å². The molecule has 2 heterocycles. The summed E-state index contributed by atoms with van der Waals surface area (Å²) in [6.45, 7) is 3.39. The Morgan fingerprint density at radius 3 is 2.85 bits per heavy atom. The van der Waals surface area contributed by atoms with Crippen LogP contribution in [0.1, 0.15) is 30.0 Å². The number of nitrogens with zero attached hydrogens (tertiary/aromatic N) is 2. The number of aromatic nitrogens is 2. The molecule has 0 spiro atoms. The fraction of sp³-hybridized carbons (Fsp3) is 0.438. The SMILES string of the molecule is CSc1ccc(CN2CCC[C@H](c3ccn[nH]3)C2)cc1. The smallest absolute Gasteiger partial charge is 0.0490 e. The van der Waals surface area contributed by atoms with E-state index in [0.717, 1.165) is 13.1 Å². The van der Waals surface area contributed by atoms with Gasteiger partial charge in [0, 0.05) is 35.8 Å². The van der Waals surface area contributed by atoms with Crippen molar-refractivity contribution in [1.29, 1.82) is 0 Å². The molecular weight excluding hydrogens is 266 g/mol. The van der Waals surface area contributed by atoms with Crippen LogP contribution in [0.2, 0.25) is 0 Å². The van der Waals surface area contributed by atoms with Crippen LogP contribution in [-0.4, -0.2) is 34.4 Å². The van der Waals surface area contributed by atoms with E-state index in [-0.39, 0.29) is 0 Å². The number of hydrogen-bond donors (Lipinski definition) is 1. The minimum Gasteiger partial charge on any atom is -0.298 e. The van der Waals surface area contributed by atoms with Crippen LogP contribution in [0.5, 0.6) is 0 Å². The number of piperidine rings is 1. The van der Waals surface area contributed by atoms with Gasteiger partial charge in [0.25, 0.3) is 0 Å². The van der Waals surface area contributed by atoms with Crippen molar-refractivity contribution in [3.63, 3.8) is 0 Å². The fourth-order valence-corrected chi connectivity index (χ4v) is 3.34. The number of nitrogens with one attached hydrogen (secondary N) is 1.